The summed E-state index contributed by atoms with van der Waals surface area (Å²) in [7, 11) is 0. The van der Waals surface area contributed by atoms with E-state index in [0.29, 0.717) is 5.56 Å². The van der Waals surface area contributed by atoms with Gasteiger partial charge in [0.05, 0.1) is 11.8 Å². The molecule has 19 heavy (non-hydrogen) atoms. The van der Waals surface area contributed by atoms with Gasteiger partial charge >= 0.3 is 0 Å². The van der Waals surface area contributed by atoms with Crippen molar-refractivity contribution < 1.29 is 9.90 Å². The summed E-state index contributed by atoms with van der Waals surface area (Å²) in [6.45, 7) is 1.73. The third kappa shape index (κ3) is 3.16. The fourth-order valence-corrected chi connectivity index (χ4v) is 1.52. The van der Waals surface area contributed by atoms with Gasteiger partial charge in [0, 0.05) is 18.0 Å². The molecule has 0 unspecified atom stereocenters. The molecule has 2 rings (SSSR count). The first-order valence-corrected chi connectivity index (χ1v) is 5.70. The number of para-hydroxylation sites is 1. The summed E-state index contributed by atoms with van der Waals surface area (Å²) in [5.41, 5.74) is 3.97. The van der Waals surface area contributed by atoms with Gasteiger partial charge in [-0.25, -0.2) is 5.43 Å². The number of benzene rings is 1. The van der Waals surface area contributed by atoms with E-state index in [-0.39, 0.29) is 11.3 Å². The Morgan fingerprint density at radius 1 is 1.37 bits per heavy atom. The lowest BCUT2D eigenvalue weighted by Crippen LogP contribution is -2.17. The number of aromatic nitrogens is 1. The van der Waals surface area contributed by atoms with Gasteiger partial charge in [-0.2, -0.15) is 5.10 Å². The number of nitrogens with zero attached hydrogens (tertiary/aromatic N) is 2. The van der Waals surface area contributed by atoms with Crippen LogP contribution >= 0.6 is 0 Å². The van der Waals surface area contributed by atoms with Gasteiger partial charge in [0.2, 0.25) is 0 Å². The second-order valence-corrected chi connectivity index (χ2v) is 3.96. The normalized spacial score (nSPS) is 10.6. The molecule has 2 N–H and O–H groups in total. The number of pyridine rings is 1. The summed E-state index contributed by atoms with van der Waals surface area (Å²) in [6, 6.07) is 8.55. The van der Waals surface area contributed by atoms with E-state index in [1.807, 2.05) is 6.07 Å². The molecule has 0 saturated heterocycles. The Balaban J connectivity index is 2.06. The first-order valence-electron chi connectivity index (χ1n) is 5.70. The summed E-state index contributed by atoms with van der Waals surface area (Å²) >= 11 is 0. The van der Waals surface area contributed by atoms with Gasteiger partial charge in [-0.15, -0.1) is 0 Å². The average Bonchev–Trinajstić information content (AvgIpc) is 2.43. The number of hydrogen-bond donors (Lipinski definition) is 2. The molecule has 0 aliphatic heterocycles. The van der Waals surface area contributed by atoms with Crippen molar-refractivity contribution in [2.24, 2.45) is 5.10 Å². The maximum Gasteiger partial charge on any atom is 0.275 e. The molecule has 96 valence electrons. The predicted octanol–water partition coefficient (Wildman–Crippen LogP) is 1.86. The fourth-order valence-electron chi connectivity index (χ4n) is 1.52. The molecule has 0 fully saturated rings. The first kappa shape index (κ1) is 12.8. The summed E-state index contributed by atoms with van der Waals surface area (Å²) in [5, 5.41) is 13.6. The Morgan fingerprint density at radius 2 is 2.21 bits per heavy atom. The molecule has 2 aromatic rings. The van der Waals surface area contributed by atoms with Crippen molar-refractivity contribution in [3.63, 3.8) is 0 Å². The molecule has 0 spiro atoms. The molecule has 0 atom stereocenters. The predicted molar refractivity (Wildman–Crippen MR) is 72.1 cm³/mol. The van der Waals surface area contributed by atoms with Gasteiger partial charge in [0.1, 0.15) is 5.75 Å². The minimum atomic E-state index is -0.457. The van der Waals surface area contributed by atoms with Gasteiger partial charge in [-0.3, -0.25) is 9.78 Å². The number of carbonyl (C=O) groups excluding carboxylic acids is 1. The number of hydrazone groups is 1. The van der Waals surface area contributed by atoms with Crippen molar-refractivity contribution in [1.29, 1.82) is 0 Å². The average molecular weight is 255 g/mol. The first-order chi connectivity index (χ1) is 9.18. The van der Waals surface area contributed by atoms with Crippen LogP contribution in [-0.4, -0.2) is 22.2 Å². The van der Waals surface area contributed by atoms with Crippen molar-refractivity contribution in [2.75, 3.05) is 0 Å². The number of nitrogens with one attached hydrogen (secondary N) is 1. The molecule has 5 nitrogen and oxygen atoms in total. The molecule has 0 aliphatic carbocycles. The van der Waals surface area contributed by atoms with Crippen LogP contribution in [0.25, 0.3) is 0 Å². The largest absolute Gasteiger partial charge is 0.507 e. The number of amides is 1. The maximum atomic E-state index is 11.8. The molecule has 1 aromatic heterocycles. The zero-order valence-corrected chi connectivity index (χ0v) is 10.4. The molecule has 0 aliphatic rings. The Bertz CT molecular complexity index is 609. The van der Waals surface area contributed by atoms with Crippen molar-refractivity contribution in [1.82, 2.24) is 10.4 Å². The molecule has 0 radical (unpaired) electrons. The monoisotopic (exact) mass is 255 g/mol. The van der Waals surface area contributed by atoms with Crippen LogP contribution in [0.4, 0.5) is 0 Å². The molecule has 5 heteroatoms. The highest BCUT2D eigenvalue weighted by molar-refractivity contribution is 5.97. The van der Waals surface area contributed by atoms with Crippen LogP contribution in [-0.2, 0) is 0 Å². The Kier molecular flexibility index (Phi) is 3.87. The van der Waals surface area contributed by atoms with E-state index in [0.717, 1.165) is 5.56 Å². The topological polar surface area (TPSA) is 74.6 Å². The number of rotatable bonds is 3. The zero-order valence-electron chi connectivity index (χ0n) is 10.4. The molecular weight excluding hydrogens is 242 g/mol. The Morgan fingerprint density at radius 3 is 2.95 bits per heavy atom. The minimum Gasteiger partial charge on any atom is -0.507 e. The molecule has 0 bridgehead atoms. The van der Waals surface area contributed by atoms with Crippen LogP contribution in [0.3, 0.4) is 0 Å². The molecule has 0 saturated carbocycles. The summed E-state index contributed by atoms with van der Waals surface area (Å²) < 4.78 is 0. The molecule has 1 amide bonds. The van der Waals surface area contributed by atoms with E-state index >= 15 is 0 Å². The SMILES string of the molecule is Cc1cccc(C(=O)N/N=C/c2cccnc2)c1O. The second kappa shape index (κ2) is 5.77. The number of carbonyl (C=O) groups is 1. The third-order valence-corrected chi connectivity index (χ3v) is 2.55. The molecule has 1 aromatic carbocycles. The number of hydrogen-bond acceptors (Lipinski definition) is 4. The van der Waals surface area contributed by atoms with E-state index in [1.54, 1.807) is 37.5 Å². The molecular formula is C14H13N3O2. The lowest BCUT2D eigenvalue weighted by atomic mass is 10.1. The highest BCUT2D eigenvalue weighted by Crippen LogP contribution is 2.20. The van der Waals surface area contributed by atoms with Crippen LogP contribution < -0.4 is 5.43 Å². The quantitative estimate of drug-likeness (QED) is 0.649. The summed E-state index contributed by atoms with van der Waals surface area (Å²) in [6.07, 6.45) is 4.76. The highest BCUT2D eigenvalue weighted by atomic mass is 16.3. The maximum absolute atomic E-state index is 11.8. The van der Waals surface area contributed by atoms with E-state index in [9.17, 15) is 9.90 Å². The smallest absolute Gasteiger partial charge is 0.275 e. The second-order valence-electron chi connectivity index (χ2n) is 3.96. The number of phenolic OH excluding ortho intramolecular Hbond substituents is 1. The number of aryl methyl sites for hydroxylation is 1. The van der Waals surface area contributed by atoms with Crippen molar-refractivity contribution >= 4 is 12.1 Å². The molecule has 1 heterocycles. The van der Waals surface area contributed by atoms with Crippen molar-refractivity contribution in [3.05, 3.63) is 59.4 Å². The fraction of sp³-hybridized carbons (Fsp3) is 0.0714. The van der Waals surface area contributed by atoms with Crippen LogP contribution in [0, 0.1) is 6.92 Å². The van der Waals surface area contributed by atoms with E-state index in [1.165, 1.54) is 12.3 Å². The lowest BCUT2D eigenvalue weighted by Gasteiger charge is -2.04. The van der Waals surface area contributed by atoms with E-state index < -0.39 is 5.91 Å². The lowest BCUT2D eigenvalue weighted by molar-refractivity contribution is 0.0952. The van der Waals surface area contributed by atoms with Crippen LogP contribution in [0.1, 0.15) is 21.5 Å². The summed E-state index contributed by atoms with van der Waals surface area (Å²) in [5.74, 6) is -0.488. The van der Waals surface area contributed by atoms with Crippen LogP contribution in [0.15, 0.2) is 47.8 Å². The highest BCUT2D eigenvalue weighted by Gasteiger charge is 2.11. The number of aromatic hydroxyl groups is 1. The third-order valence-electron chi connectivity index (χ3n) is 2.55. The Hall–Kier alpha value is -2.69. The van der Waals surface area contributed by atoms with Gasteiger partial charge in [0.15, 0.2) is 0 Å². The van der Waals surface area contributed by atoms with Gasteiger partial charge in [-0.1, -0.05) is 18.2 Å². The summed E-state index contributed by atoms with van der Waals surface area (Å²) in [4.78, 5) is 15.7. The van der Waals surface area contributed by atoms with Gasteiger partial charge in [0.25, 0.3) is 5.91 Å². The van der Waals surface area contributed by atoms with Crippen molar-refractivity contribution in [2.45, 2.75) is 6.92 Å². The zero-order chi connectivity index (χ0) is 13.7. The Labute approximate surface area is 110 Å². The van der Waals surface area contributed by atoms with Crippen molar-refractivity contribution in [3.8, 4) is 5.75 Å². The standard InChI is InChI=1S/C14H13N3O2/c1-10-4-2-6-12(13(10)18)14(19)17-16-9-11-5-3-7-15-8-11/h2-9,18H,1H3,(H,17,19)/b16-9+. The minimum absolute atomic E-state index is 0.0309. The van der Waals surface area contributed by atoms with Crippen LogP contribution in [0.5, 0.6) is 5.75 Å². The van der Waals surface area contributed by atoms with Gasteiger partial charge in [-0.05, 0) is 24.6 Å². The van der Waals surface area contributed by atoms with E-state index in [4.69, 9.17) is 0 Å². The van der Waals surface area contributed by atoms with E-state index in [2.05, 4.69) is 15.5 Å². The number of phenols is 1. The van der Waals surface area contributed by atoms with Gasteiger partial charge < -0.3 is 5.11 Å². The van der Waals surface area contributed by atoms with Crippen LogP contribution in [0.2, 0.25) is 0 Å².